The van der Waals surface area contributed by atoms with Crippen LogP contribution < -0.4 is 0 Å². The molecule has 0 radical (unpaired) electrons. The Kier molecular flexibility index (Phi) is 6.24. The zero-order valence-electron chi connectivity index (χ0n) is 19.5. The van der Waals surface area contributed by atoms with E-state index in [2.05, 4.69) is 26.0 Å². The van der Waals surface area contributed by atoms with E-state index in [1.165, 1.54) is 32.1 Å². The van der Waals surface area contributed by atoms with Crippen molar-refractivity contribution in [1.29, 1.82) is 0 Å². The third kappa shape index (κ3) is 3.24. The van der Waals surface area contributed by atoms with E-state index in [0.29, 0.717) is 11.3 Å². The van der Waals surface area contributed by atoms with E-state index in [1.807, 2.05) is 0 Å². The molecule has 0 aromatic rings. The minimum absolute atomic E-state index is 0.0117. The zero-order chi connectivity index (χ0) is 21.6. The van der Waals surface area contributed by atoms with Crippen LogP contribution in [-0.4, -0.2) is 44.9 Å². The molecule has 0 unspecified atom stereocenters. The fraction of sp³-hybridized carbons (Fsp3) is 0.885. The summed E-state index contributed by atoms with van der Waals surface area (Å²) in [4.78, 5) is 13.9. The van der Waals surface area contributed by atoms with Gasteiger partial charge < -0.3 is 14.6 Å². The van der Waals surface area contributed by atoms with E-state index in [9.17, 15) is 9.90 Å². The Morgan fingerprint density at radius 1 is 1.00 bits per heavy atom. The second kappa shape index (κ2) is 8.33. The highest BCUT2D eigenvalue weighted by Crippen LogP contribution is 2.67. The van der Waals surface area contributed by atoms with Gasteiger partial charge in [-0.2, -0.15) is 0 Å². The number of ketones is 1. The molecule has 30 heavy (non-hydrogen) atoms. The van der Waals surface area contributed by atoms with Crippen LogP contribution in [0, 0.1) is 45.8 Å². The molecule has 0 aliphatic heterocycles. The van der Waals surface area contributed by atoms with Crippen molar-refractivity contribution in [3.8, 4) is 0 Å². The first-order chi connectivity index (χ1) is 14.4. The molecule has 0 amide bonds. The lowest BCUT2D eigenvalue weighted by molar-refractivity contribution is -0.152. The molecule has 4 aliphatic rings. The number of ether oxygens (including phenoxy) is 2. The van der Waals surface area contributed by atoms with Crippen molar-refractivity contribution >= 4 is 5.78 Å². The number of carbonyl (C=O) groups is 1. The van der Waals surface area contributed by atoms with E-state index < -0.39 is 5.41 Å². The lowest BCUT2D eigenvalue weighted by Gasteiger charge is -2.60. The van der Waals surface area contributed by atoms with Gasteiger partial charge in [0.25, 0.3) is 0 Å². The van der Waals surface area contributed by atoms with Crippen LogP contribution in [0.15, 0.2) is 12.2 Å². The summed E-state index contributed by atoms with van der Waals surface area (Å²) in [5.74, 6) is 3.22. The van der Waals surface area contributed by atoms with E-state index >= 15 is 0 Å². The number of carbonyl (C=O) groups excluding carboxylic acids is 1. The molecule has 0 bridgehead atoms. The molecule has 4 aliphatic carbocycles. The standard InChI is InChI=1S/C26H42O4/c1-24-13-6-5-7-18(24)8-9-19-20-10-11-22(25(20,2)14-12-21(19)24)23(28)26(15-27,16-29-3)17-30-4/h5-6,18-22,27H,7-17H2,1-4H3/t18-,19+,20+,21+,22-,24+,25+/m1/s1. The van der Waals surface area contributed by atoms with Gasteiger partial charge in [-0.3, -0.25) is 4.79 Å². The fourth-order valence-electron chi connectivity index (χ4n) is 8.54. The van der Waals surface area contributed by atoms with Gasteiger partial charge in [-0.15, -0.1) is 0 Å². The maximum absolute atomic E-state index is 13.9. The lowest BCUT2D eigenvalue weighted by atomic mass is 9.45. The number of Topliss-reactive ketones (excluding diaryl/α,β-unsaturated/α-hetero) is 1. The summed E-state index contributed by atoms with van der Waals surface area (Å²) in [7, 11) is 3.21. The molecule has 4 heteroatoms. The van der Waals surface area contributed by atoms with E-state index in [4.69, 9.17) is 9.47 Å². The normalized spacial score (nSPS) is 43.0. The monoisotopic (exact) mass is 418 g/mol. The largest absolute Gasteiger partial charge is 0.395 e. The average Bonchev–Trinajstić information content (AvgIpc) is 3.09. The second-order valence-electron chi connectivity index (χ2n) is 11.4. The Bertz CT molecular complexity index is 666. The summed E-state index contributed by atoms with van der Waals surface area (Å²) >= 11 is 0. The van der Waals surface area contributed by atoms with Crippen LogP contribution in [0.4, 0.5) is 0 Å². The van der Waals surface area contributed by atoms with Gasteiger partial charge in [-0.25, -0.2) is 0 Å². The zero-order valence-corrected chi connectivity index (χ0v) is 19.5. The molecule has 4 rings (SSSR count). The highest BCUT2D eigenvalue weighted by Gasteiger charge is 2.62. The topological polar surface area (TPSA) is 55.8 Å². The second-order valence-corrected chi connectivity index (χ2v) is 11.4. The summed E-state index contributed by atoms with van der Waals surface area (Å²) in [6.07, 6.45) is 14.5. The van der Waals surface area contributed by atoms with Crippen LogP contribution in [0.2, 0.25) is 0 Å². The molecule has 0 saturated heterocycles. The molecule has 0 heterocycles. The van der Waals surface area contributed by atoms with Crippen LogP contribution in [-0.2, 0) is 14.3 Å². The Labute approximate surface area is 182 Å². The molecule has 3 saturated carbocycles. The number of allylic oxidation sites excluding steroid dienone is 2. The van der Waals surface area contributed by atoms with Crippen molar-refractivity contribution in [2.75, 3.05) is 34.0 Å². The summed E-state index contributed by atoms with van der Waals surface area (Å²) in [6, 6.07) is 0. The van der Waals surface area contributed by atoms with Crippen molar-refractivity contribution < 1.29 is 19.4 Å². The van der Waals surface area contributed by atoms with Gasteiger partial charge in [-0.1, -0.05) is 26.0 Å². The first-order valence-electron chi connectivity index (χ1n) is 12.1. The summed E-state index contributed by atoms with van der Waals surface area (Å²) < 4.78 is 10.8. The third-order valence-electron chi connectivity index (χ3n) is 10.2. The number of hydrogen-bond acceptors (Lipinski definition) is 4. The van der Waals surface area contributed by atoms with Crippen molar-refractivity contribution in [1.82, 2.24) is 0 Å². The molecule has 0 aromatic carbocycles. The van der Waals surface area contributed by atoms with E-state index in [0.717, 1.165) is 37.0 Å². The SMILES string of the molecule is COCC(CO)(COC)C(=O)[C@H]1CC[C@H]2[C@@H]3CC[C@H]4CC=CC[C@]4(C)[C@H]3CC[C@]12C. The number of aliphatic hydroxyl groups is 1. The predicted molar refractivity (Wildman–Crippen MR) is 118 cm³/mol. The quantitative estimate of drug-likeness (QED) is 0.611. The molecule has 1 N–H and O–H groups in total. The highest BCUT2D eigenvalue weighted by atomic mass is 16.5. The highest BCUT2D eigenvalue weighted by molar-refractivity contribution is 5.88. The number of rotatable bonds is 7. The maximum Gasteiger partial charge on any atom is 0.149 e. The van der Waals surface area contributed by atoms with Crippen LogP contribution in [0.25, 0.3) is 0 Å². The Hall–Kier alpha value is -0.710. The molecule has 170 valence electrons. The molecule has 3 fully saturated rings. The Morgan fingerprint density at radius 2 is 1.70 bits per heavy atom. The predicted octanol–water partition coefficient (Wildman–Crippen LogP) is 4.65. The van der Waals surface area contributed by atoms with Crippen molar-refractivity contribution in [2.24, 2.45) is 45.8 Å². The molecular weight excluding hydrogens is 376 g/mol. The van der Waals surface area contributed by atoms with Crippen LogP contribution >= 0.6 is 0 Å². The van der Waals surface area contributed by atoms with Crippen molar-refractivity contribution in [3.63, 3.8) is 0 Å². The van der Waals surface area contributed by atoms with E-state index in [-0.39, 0.29) is 36.9 Å². The van der Waals surface area contributed by atoms with Gasteiger partial charge >= 0.3 is 0 Å². The number of hydrogen-bond donors (Lipinski definition) is 1. The molecule has 0 spiro atoms. The molecular formula is C26H42O4. The van der Waals surface area contributed by atoms with Gasteiger partial charge in [0.1, 0.15) is 5.78 Å². The third-order valence-corrected chi connectivity index (χ3v) is 10.2. The van der Waals surface area contributed by atoms with Crippen LogP contribution in [0.3, 0.4) is 0 Å². The minimum atomic E-state index is -0.930. The Morgan fingerprint density at radius 3 is 2.37 bits per heavy atom. The van der Waals surface area contributed by atoms with Gasteiger partial charge in [0.15, 0.2) is 0 Å². The number of methoxy groups -OCH3 is 2. The maximum atomic E-state index is 13.9. The first-order valence-corrected chi connectivity index (χ1v) is 12.1. The van der Waals surface area contributed by atoms with Crippen LogP contribution in [0.1, 0.15) is 65.2 Å². The fourth-order valence-corrected chi connectivity index (χ4v) is 8.54. The Balaban J connectivity index is 1.59. The first kappa shape index (κ1) is 22.5. The van der Waals surface area contributed by atoms with Crippen molar-refractivity contribution in [3.05, 3.63) is 12.2 Å². The van der Waals surface area contributed by atoms with Gasteiger partial charge in [0.2, 0.25) is 0 Å². The van der Waals surface area contributed by atoms with Crippen LogP contribution in [0.5, 0.6) is 0 Å². The molecule has 0 aromatic heterocycles. The molecule has 7 atom stereocenters. The lowest BCUT2D eigenvalue weighted by Crippen LogP contribution is -2.54. The van der Waals surface area contributed by atoms with Gasteiger partial charge in [-0.05, 0) is 85.9 Å². The van der Waals surface area contributed by atoms with E-state index in [1.54, 1.807) is 14.2 Å². The summed E-state index contributed by atoms with van der Waals surface area (Å²) in [5.41, 5.74) is -0.434. The summed E-state index contributed by atoms with van der Waals surface area (Å²) in [6.45, 7) is 5.20. The minimum Gasteiger partial charge on any atom is -0.395 e. The summed E-state index contributed by atoms with van der Waals surface area (Å²) in [5, 5.41) is 10.2. The van der Waals surface area contributed by atoms with Crippen molar-refractivity contribution in [2.45, 2.75) is 65.2 Å². The number of fused-ring (bicyclic) bond motifs is 5. The van der Waals surface area contributed by atoms with Gasteiger partial charge in [0, 0.05) is 20.1 Å². The smallest absolute Gasteiger partial charge is 0.149 e. The van der Waals surface area contributed by atoms with Gasteiger partial charge in [0.05, 0.1) is 25.2 Å². The average molecular weight is 419 g/mol. The molecule has 4 nitrogen and oxygen atoms in total. The number of aliphatic hydroxyl groups excluding tert-OH is 1.